The molecule has 2 atom stereocenters. The van der Waals surface area contributed by atoms with Gasteiger partial charge >= 0.3 is 12.1 Å². The predicted molar refractivity (Wildman–Crippen MR) is 226 cm³/mol. The number of esters is 1. The van der Waals surface area contributed by atoms with Crippen molar-refractivity contribution in [3.8, 4) is 5.75 Å². The van der Waals surface area contributed by atoms with Crippen LogP contribution in [0.4, 0.5) is 4.79 Å². The molecule has 300 valence electrons. The molecule has 3 amide bonds. The summed E-state index contributed by atoms with van der Waals surface area (Å²) >= 11 is 0.988. The van der Waals surface area contributed by atoms with E-state index in [9.17, 15) is 19.2 Å². The van der Waals surface area contributed by atoms with Gasteiger partial charge in [-0.1, -0.05) is 133 Å². The number of hydrogen-bond donors (Lipinski definition) is 2. The minimum atomic E-state index is -1.03. The van der Waals surface area contributed by atoms with Gasteiger partial charge in [0.25, 0.3) is 0 Å². The quantitative estimate of drug-likeness (QED) is 0.0418. The lowest BCUT2D eigenvalue weighted by molar-refractivity contribution is -0.137. The molecule has 5 rings (SSSR count). The van der Waals surface area contributed by atoms with E-state index >= 15 is 0 Å². The number of nitrogens with zero attached hydrogens (tertiary/aromatic N) is 2. The fourth-order valence-electron chi connectivity index (χ4n) is 6.21. The maximum atomic E-state index is 14.3. The van der Waals surface area contributed by atoms with Crippen molar-refractivity contribution < 1.29 is 33.4 Å². The summed E-state index contributed by atoms with van der Waals surface area (Å²) in [5.74, 6) is -1.90. The molecule has 58 heavy (non-hydrogen) atoms. The van der Waals surface area contributed by atoms with Crippen molar-refractivity contribution in [3.63, 3.8) is 0 Å². The summed E-state index contributed by atoms with van der Waals surface area (Å²) in [7, 11) is 1.58. The zero-order valence-electron chi connectivity index (χ0n) is 32.8. The van der Waals surface area contributed by atoms with E-state index < -0.39 is 36.0 Å². The lowest BCUT2D eigenvalue weighted by atomic mass is 9.90. The minimum Gasteiger partial charge on any atom is -0.497 e. The molecule has 0 unspecified atom stereocenters. The number of nitrogens with one attached hydrogen (secondary N) is 2. The Hall–Kier alpha value is -6.40. The summed E-state index contributed by atoms with van der Waals surface area (Å²) in [5.41, 5.74) is 3.87. The van der Waals surface area contributed by atoms with E-state index in [2.05, 4.69) is 15.0 Å². The van der Waals surface area contributed by atoms with Crippen LogP contribution in [0.3, 0.4) is 0 Å². The summed E-state index contributed by atoms with van der Waals surface area (Å²) in [6.45, 7) is 1.69. The van der Waals surface area contributed by atoms with Crippen LogP contribution in [-0.2, 0) is 37.1 Å². The van der Waals surface area contributed by atoms with Crippen LogP contribution < -0.4 is 15.4 Å². The first-order valence-corrected chi connectivity index (χ1v) is 20.1. The van der Waals surface area contributed by atoms with Crippen LogP contribution in [0.15, 0.2) is 150 Å². The number of carbonyl (C=O) groups is 4. The van der Waals surface area contributed by atoms with Gasteiger partial charge in [-0.2, -0.15) is 4.40 Å². The second kappa shape index (κ2) is 22.4. The molecule has 12 heteroatoms. The Balaban J connectivity index is 1.39. The largest absolute Gasteiger partial charge is 0.497 e. The molecule has 11 nitrogen and oxygen atoms in total. The Morgan fingerprint density at radius 2 is 1.17 bits per heavy atom. The van der Waals surface area contributed by atoms with Crippen LogP contribution in [0.1, 0.15) is 59.5 Å². The molecule has 0 aliphatic carbocycles. The van der Waals surface area contributed by atoms with Crippen molar-refractivity contribution in [3.05, 3.63) is 173 Å². The highest BCUT2D eigenvalue weighted by Crippen LogP contribution is 2.26. The minimum absolute atomic E-state index is 0.0371. The molecular formula is C46H48N4O7S. The fraction of sp³-hybridized carbons (Fsp3) is 0.239. The normalized spacial score (nSPS) is 12.2. The standard InChI is InChI=1S/C46H48N4O7S/c1-33(36-26-28-39(55-2)29-27-36)47-43(51)40(48-44(52)41(37-21-12-6-13-22-37)38-23-14-7-15-24-38)25-16-30-50(46(54)57-32-35-19-10-5-11-20-35)42(49-58-3)45(53)56-31-34-17-8-4-9-18-34/h4-15,17-24,26-29,33,40-41H,16,25,30-32H2,1-3H3,(H,47,51)(H,48,52)/t33-,40-/m1/s1. The van der Waals surface area contributed by atoms with Gasteiger partial charge in [-0.25, -0.2) is 9.59 Å². The van der Waals surface area contributed by atoms with Crippen LogP contribution in [-0.4, -0.2) is 60.6 Å². The molecule has 0 aromatic heterocycles. The molecule has 0 saturated carbocycles. The maximum absolute atomic E-state index is 14.3. The lowest BCUT2D eigenvalue weighted by Gasteiger charge is -2.26. The van der Waals surface area contributed by atoms with Crippen LogP contribution in [0.2, 0.25) is 0 Å². The molecule has 0 saturated heterocycles. The van der Waals surface area contributed by atoms with Gasteiger partial charge in [0.1, 0.15) is 25.0 Å². The first-order valence-electron chi connectivity index (χ1n) is 18.9. The van der Waals surface area contributed by atoms with Gasteiger partial charge in [-0.3, -0.25) is 14.5 Å². The van der Waals surface area contributed by atoms with E-state index in [0.29, 0.717) is 5.75 Å². The second-order valence-corrected chi connectivity index (χ2v) is 13.9. The van der Waals surface area contributed by atoms with Gasteiger partial charge in [-0.15, -0.1) is 0 Å². The zero-order chi connectivity index (χ0) is 41.1. The third-order valence-electron chi connectivity index (χ3n) is 9.26. The van der Waals surface area contributed by atoms with E-state index in [0.717, 1.165) is 44.7 Å². The number of rotatable bonds is 17. The van der Waals surface area contributed by atoms with Gasteiger partial charge in [0.15, 0.2) is 0 Å². The summed E-state index contributed by atoms with van der Waals surface area (Å²) in [6, 6.07) is 42.9. The van der Waals surface area contributed by atoms with Crippen LogP contribution in [0.25, 0.3) is 0 Å². The molecule has 0 spiro atoms. The average Bonchev–Trinajstić information content (AvgIpc) is 3.26. The van der Waals surface area contributed by atoms with E-state index in [-0.39, 0.29) is 44.3 Å². The first kappa shape index (κ1) is 42.7. The lowest BCUT2D eigenvalue weighted by Crippen LogP contribution is -2.49. The number of amidine groups is 1. The van der Waals surface area contributed by atoms with Gasteiger partial charge < -0.3 is 24.8 Å². The number of ether oxygens (including phenoxy) is 3. The van der Waals surface area contributed by atoms with Crippen molar-refractivity contribution in [1.29, 1.82) is 0 Å². The van der Waals surface area contributed by atoms with E-state index in [1.54, 1.807) is 13.4 Å². The first-order chi connectivity index (χ1) is 28.3. The topological polar surface area (TPSA) is 136 Å². The van der Waals surface area contributed by atoms with Crippen molar-refractivity contribution in [2.24, 2.45) is 4.40 Å². The van der Waals surface area contributed by atoms with Crippen LogP contribution >= 0.6 is 11.9 Å². The van der Waals surface area contributed by atoms with Gasteiger partial charge in [0.05, 0.1) is 19.1 Å². The van der Waals surface area contributed by atoms with Gasteiger partial charge in [-0.05, 0) is 71.7 Å². The third-order valence-corrected chi connectivity index (χ3v) is 9.62. The number of hydrogen-bond acceptors (Lipinski definition) is 9. The summed E-state index contributed by atoms with van der Waals surface area (Å²) in [5, 5.41) is 6.07. The van der Waals surface area contributed by atoms with Crippen LogP contribution in [0.5, 0.6) is 5.75 Å². The smallest absolute Gasteiger partial charge is 0.416 e. The second-order valence-electron chi connectivity index (χ2n) is 13.3. The molecule has 0 fully saturated rings. The number of amides is 3. The summed E-state index contributed by atoms with van der Waals surface area (Å²) in [4.78, 5) is 57.0. The molecule has 0 bridgehead atoms. The average molecular weight is 801 g/mol. The third kappa shape index (κ3) is 12.6. The van der Waals surface area contributed by atoms with Crippen molar-refractivity contribution in [1.82, 2.24) is 15.5 Å². The highest BCUT2D eigenvalue weighted by molar-refractivity contribution is 7.97. The molecule has 0 radical (unpaired) electrons. The molecule has 0 aliphatic rings. The molecule has 0 heterocycles. The van der Waals surface area contributed by atoms with E-state index in [1.165, 1.54) is 0 Å². The summed E-state index contributed by atoms with van der Waals surface area (Å²) in [6.07, 6.45) is 1.10. The van der Waals surface area contributed by atoms with Crippen molar-refractivity contribution in [2.45, 2.75) is 51.0 Å². The Morgan fingerprint density at radius 1 is 0.655 bits per heavy atom. The van der Waals surface area contributed by atoms with Crippen molar-refractivity contribution >= 4 is 41.7 Å². The Labute approximate surface area is 343 Å². The maximum Gasteiger partial charge on any atom is 0.416 e. The summed E-state index contributed by atoms with van der Waals surface area (Å²) < 4.78 is 20.9. The molecule has 2 N–H and O–H groups in total. The molecule has 5 aromatic carbocycles. The van der Waals surface area contributed by atoms with Gasteiger partial charge in [0, 0.05) is 12.8 Å². The fourth-order valence-corrected chi connectivity index (χ4v) is 6.55. The molecular weight excluding hydrogens is 753 g/mol. The molecule has 0 aliphatic heterocycles. The SMILES string of the molecule is COc1ccc([C@@H](C)NC(=O)[C@@H](CCCN(C(=O)OCc2ccccc2)C(=NSC)C(=O)OCc2ccccc2)NC(=O)C(c2ccccc2)c2ccccc2)cc1. The van der Waals surface area contributed by atoms with E-state index in [1.807, 2.05) is 153 Å². The zero-order valence-corrected chi connectivity index (χ0v) is 33.6. The Bertz CT molecular complexity index is 2050. The monoisotopic (exact) mass is 800 g/mol. The van der Waals surface area contributed by atoms with Crippen LogP contribution in [0, 0.1) is 0 Å². The highest BCUT2D eigenvalue weighted by Gasteiger charge is 2.31. The Morgan fingerprint density at radius 3 is 1.69 bits per heavy atom. The van der Waals surface area contributed by atoms with Crippen molar-refractivity contribution in [2.75, 3.05) is 19.9 Å². The number of benzene rings is 5. The number of carbonyl (C=O) groups excluding carboxylic acids is 4. The number of methoxy groups -OCH3 is 1. The van der Waals surface area contributed by atoms with Gasteiger partial charge in [0.2, 0.25) is 17.6 Å². The van der Waals surface area contributed by atoms with E-state index in [4.69, 9.17) is 14.2 Å². The molecule has 5 aromatic rings. The predicted octanol–water partition coefficient (Wildman–Crippen LogP) is 8.03. The highest BCUT2D eigenvalue weighted by atomic mass is 32.2. The Kier molecular flexibility index (Phi) is 16.5.